The molecule has 2 aromatic carbocycles. The summed E-state index contributed by atoms with van der Waals surface area (Å²) in [5.74, 6) is -1.92. The number of carbonyl (C=O) groups excluding carboxylic acids is 1. The van der Waals surface area contributed by atoms with E-state index in [-0.39, 0.29) is 36.7 Å². The zero-order chi connectivity index (χ0) is 20.8. The van der Waals surface area contributed by atoms with Gasteiger partial charge in [-0.1, -0.05) is 36.4 Å². The largest absolute Gasteiger partial charge is 0.547 e. The van der Waals surface area contributed by atoms with Gasteiger partial charge in [-0.2, -0.15) is 0 Å². The summed E-state index contributed by atoms with van der Waals surface area (Å²) in [4.78, 5) is 23.7. The monoisotopic (exact) mass is 398 g/mol. The minimum atomic E-state index is -1.33. The van der Waals surface area contributed by atoms with Crippen molar-refractivity contribution in [3.05, 3.63) is 64.7 Å². The number of rotatable bonds is 8. The summed E-state index contributed by atoms with van der Waals surface area (Å²) >= 11 is 0. The Kier molecular flexibility index (Phi) is 6.87. The second-order valence-electron chi connectivity index (χ2n) is 6.88. The fourth-order valence-corrected chi connectivity index (χ4v) is 3.25. The highest BCUT2D eigenvalue weighted by Gasteiger charge is 2.37. The van der Waals surface area contributed by atoms with Crippen LogP contribution in [0.25, 0.3) is 0 Å². The Morgan fingerprint density at radius 2 is 1.86 bits per heavy atom. The van der Waals surface area contributed by atoms with Crippen molar-refractivity contribution in [3.63, 3.8) is 0 Å². The number of hydrogen-bond acceptors (Lipinski definition) is 6. The van der Waals surface area contributed by atoms with Crippen LogP contribution in [0.15, 0.2) is 42.5 Å². The van der Waals surface area contributed by atoms with E-state index in [0.717, 1.165) is 11.1 Å². The lowest BCUT2D eigenvalue weighted by molar-refractivity contribution is -0.120. The van der Waals surface area contributed by atoms with E-state index in [0.29, 0.717) is 18.7 Å². The van der Waals surface area contributed by atoms with Gasteiger partial charge in [0.2, 0.25) is 5.91 Å². The molecule has 5 N–H and O–H groups in total. The van der Waals surface area contributed by atoms with E-state index in [2.05, 4.69) is 10.6 Å². The third-order valence-electron chi connectivity index (χ3n) is 4.70. The van der Waals surface area contributed by atoms with Crippen molar-refractivity contribution in [1.29, 1.82) is 0 Å². The molecule has 1 aliphatic rings. The zero-order valence-electron chi connectivity index (χ0n) is 15.8. The number of benzene rings is 2. The normalized spacial score (nSPS) is 15.4. The van der Waals surface area contributed by atoms with E-state index >= 15 is 0 Å². The zero-order valence-corrected chi connectivity index (χ0v) is 15.8. The fraction of sp³-hybridized carbons (Fsp3) is 0.300. The molecule has 1 aliphatic heterocycles. The van der Waals surface area contributed by atoms with E-state index in [4.69, 9.17) is 9.76 Å². The van der Waals surface area contributed by atoms with Gasteiger partial charge in [-0.05, 0) is 29.2 Å². The van der Waals surface area contributed by atoms with Crippen LogP contribution in [-0.2, 0) is 24.2 Å². The summed E-state index contributed by atoms with van der Waals surface area (Å²) in [7, 11) is -1.33. The standard InChI is InChI=1S/C20H23BN2O6/c24-9-8-22-12-14-6-4-13(5-7-14)10-18(25)23-17-11-15-2-1-3-16(20(26)27)19(15)29-21(17)28/h1-7,17,22,24,28H,8-12H2,(H,23,25)(H,26,27). The average molecular weight is 398 g/mol. The number of aliphatic hydroxyl groups is 1. The number of hydrogen-bond donors (Lipinski definition) is 5. The second-order valence-corrected chi connectivity index (χ2v) is 6.88. The maximum atomic E-state index is 12.4. The smallest absolute Gasteiger partial charge is 0.534 e. The molecule has 152 valence electrons. The third kappa shape index (κ3) is 5.35. The number of carboxylic acids is 1. The van der Waals surface area contributed by atoms with Gasteiger partial charge in [0.1, 0.15) is 5.75 Å². The number of aromatic carboxylic acids is 1. The van der Waals surface area contributed by atoms with Crippen LogP contribution < -0.4 is 15.3 Å². The van der Waals surface area contributed by atoms with Crippen molar-refractivity contribution in [2.45, 2.75) is 25.3 Å². The first-order valence-corrected chi connectivity index (χ1v) is 9.36. The molecule has 0 saturated heterocycles. The maximum Gasteiger partial charge on any atom is 0.547 e. The highest BCUT2D eigenvalue weighted by molar-refractivity contribution is 6.47. The van der Waals surface area contributed by atoms with Crippen LogP contribution in [-0.4, -0.2) is 53.3 Å². The van der Waals surface area contributed by atoms with Crippen LogP contribution in [0.4, 0.5) is 0 Å². The minimum Gasteiger partial charge on any atom is -0.534 e. The molecule has 0 radical (unpaired) electrons. The quantitative estimate of drug-likeness (QED) is 0.316. The lowest BCUT2D eigenvalue weighted by Gasteiger charge is -2.28. The van der Waals surface area contributed by atoms with Crippen molar-refractivity contribution in [3.8, 4) is 5.75 Å². The van der Waals surface area contributed by atoms with E-state index in [1.54, 1.807) is 12.1 Å². The van der Waals surface area contributed by atoms with Crippen molar-refractivity contribution in [2.24, 2.45) is 0 Å². The van der Waals surface area contributed by atoms with Gasteiger partial charge >= 0.3 is 13.1 Å². The summed E-state index contributed by atoms with van der Waals surface area (Å²) in [6, 6.07) is 12.3. The molecule has 1 heterocycles. The molecule has 2 aromatic rings. The molecule has 0 bridgehead atoms. The lowest BCUT2D eigenvalue weighted by Crippen LogP contribution is -2.53. The van der Waals surface area contributed by atoms with Gasteiger partial charge in [0, 0.05) is 13.1 Å². The number of para-hydroxylation sites is 1. The van der Waals surface area contributed by atoms with Crippen molar-refractivity contribution < 1.29 is 29.5 Å². The van der Waals surface area contributed by atoms with Crippen LogP contribution in [0.5, 0.6) is 5.75 Å². The number of carboxylic acid groups (broad SMARTS) is 1. The Morgan fingerprint density at radius 1 is 1.14 bits per heavy atom. The highest BCUT2D eigenvalue weighted by atomic mass is 16.5. The van der Waals surface area contributed by atoms with Crippen molar-refractivity contribution in [1.82, 2.24) is 10.6 Å². The minimum absolute atomic E-state index is 0.0140. The first-order chi connectivity index (χ1) is 14.0. The molecule has 0 saturated carbocycles. The molecule has 29 heavy (non-hydrogen) atoms. The number of nitrogens with one attached hydrogen (secondary N) is 2. The Hall–Kier alpha value is -2.88. The van der Waals surface area contributed by atoms with Crippen molar-refractivity contribution in [2.75, 3.05) is 13.2 Å². The predicted octanol–water partition coefficient (Wildman–Crippen LogP) is 0.149. The Morgan fingerprint density at radius 3 is 2.55 bits per heavy atom. The van der Waals surface area contributed by atoms with Gasteiger partial charge < -0.3 is 30.5 Å². The van der Waals surface area contributed by atoms with Gasteiger partial charge in [-0.3, -0.25) is 4.79 Å². The Bertz CT molecular complexity index is 874. The summed E-state index contributed by atoms with van der Waals surface area (Å²) < 4.78 is 5.39. The predicted molar refractivity (Wildman–Crippen MR) is 107 cm³/mol. The number of carbonyl (C=O) groups is 2. The molecule has 0 spiro atoms. The number of amides is 1. The summed E-state index contributed by atoms with van der Waals surface area (Å²) in [6.07, 6.45) is 0.425. The molecule has 3 rings (SSSR count). The molecular formula is C20H23BN2O6. The topological polar surface area (TPSA) is 128 Å². The Labute approximate surface area is 168 Å². The van der Waals surface area contributed by atoms with Gasteiger partial charge in [0.15, 0.2) is 0 Å². The van der Waals surface area contributed by atoms with Gasteiger partial charge in [-0.25, -0.2) is 4.79 Å². The van der Waals surface area contributed by atoms with E-state index < -0.39 is 19.0 Å². The molecule has 0 aromatic heterocycles. The molecule has 1 amide bonds. The number of aliphatic hydroxyl groups excluding tert-OH is 1. The van der Waals surface area contributed by atoms with Gasteiger partial charge in [0.05, 0.1) is 24.5 Å². The molecular weight excluding hydrogens is 375 g/mol. The van der Waals surface area contributed by atoms with Gasteiger partial charge in [0.25, 0.3) is 0 Å². The molecule has 1 unspecified atom stereocenters. The van der Waals surface area contributed by atoms with Crippen molar-refractivity contribution >= 4 is 19.0 Å². The highest BCUT2D eigenvalue weighted by Crippen LogP contribution is 2.30. The maximum absolute atomic E-state index is 12.4. The van der Waals surface area contributed by atoms with Crippen LogP contribution in [0.1, 0.15) is 27.0 Å². The van der Waals surface area contributed by atoms with E-state index in [9.17, 15) is 19.7 Å². The SMILES string of the molecule is O=C(Cc1ccc(CNCCO)cc1)NC1Cc2cccc(C(=O)O)c2OB1O. The fourth-order valence-electron chi connectivity index (χ4n) is 3.25. The van der Waals surface area contributed by atoms with Gasteiger partial charge in [-0.15, -0.1) is 0 Å². The summed E-state index contributed by atoms with van der Waals surface area (Å²) in [5, 5.41) is 34.1. The summed E-state index contributed by atoms with van der Waals surface area (Å²) in [5.41, 5.74) is 2.48. The molecule has 1 atom stereocenters. The first kappa shape index (κ1) is 20.8. The molecule has 9 heteroatoms. The van der Waals surface area contributed by atoms with Crippen LogP contribution in [0.3, 0.4) is 0 Å². The summed E-state index contributed by atoms with van der Waals surface area (Å²) in [6.45, 7) is 1.24. The average Bonchev–Trinajstić information content (AvgIpc) is 2.69. The van der Waals surface area contributed by atoms with E-state index in [1.807, 2.05) is 24.3 Å². The molecule has 0 aliphatic carbocycles. The lowest BCUT2D eigenvalue weighted by atomic mass is 9.72. The van der Waals surface area contributed by atoms with Crippen LogP contribution >= 0.6 is 0 Å². The van der Waals surface area contributed by atoms with E-state index in [1.165, 1.54) is 6.07 Å². The third-order valence-corrected chi connectivity index (χ3v) is 4.70. The first-order valence-electron chi connectivity index (χ1n) is 9.36. The van der Waals surface area contributed by atoms with Crippen LogP contribution in [0, 0.1) is 0 Å². The Balaban J connectivity index is 1.58. The molecule has 0 fully saturated rings. The second kappa shape index (κ2) is 9.55. The van der Waals surface area contributed by atoms with Crippen LogP contribution in [0.2, 0.25) is 0 Å². The number of fused-ring (bicyclic) bond motifs is 1. The molecule has 8 nitrogen and oxygen atoms in total.